The van der Waals surface area contributed by atoms with E-state index in [1.807, 2.05) is 0 Å². The van der Waals surface area contributed by atoms with E-state index in [2.05, 4.69) is 8.37 Å². The summed E-state index contributed by atoms with van der Waals surface area (Å²) in [7, 11) is -9.66. The molecule has 2 rings (SSSR count). The van der Waals surface area contributed by atoms with Gasteiger partial charge in [-0.3, -0.25) is 9.11 Å². The van der Waals surface area contributed by atoms with Crippen molar-refractivity contribution in [2.45, 2.75) is 0 Å². The number of nitrogens with two attached hydrogens (primary N) is 1. The number of benzene rings is 2. The summed E-state index contributed by atoms with van der Waals surface area (Å²) < 4.78 is 69.0. The van der Waals surface area contributed by atoms with Gasteiger partial charge in [-0.05, 0) is 23.6 Å². The quantitative estimate of drug-likeness (QED) is 0.543. The van der Waals surface area contributed by atoms with Gasteiger partial charge < -0.3 is 14.1 Å². The summed E-state index contributed by atoms with van der Waals surface area (Å²) in [6.45, 7) is 0. The minimum atomic E-state index is -4.85. The van der Waals surface area contributed by atoms with E-state index in [0.717, 1.165) is 6.07 Å². The van der Waals surface area contributed by atoms with E-state index in [-0.39, 0.29) is 11.1 Å². The third-order valence-corrected chi connectivity index (χ3v) is 3.10. The number of fused-ring (bicyclic) bond motifs is 1. The molecule has 0 bridgehead atoms. The van der Waals surface area contributed by atoms with Crippen molar-refractivity contribution in [3.05, 3.63) is 30.3 Å². The Bertz CT molecular complexity index is 904. The van der Waals surface area contributed by atoms with Crippen LogP contribution in [0.2, 0.25) is 0 Å². The van der Waals surface area contributed by atoms with E-state index in [1.54, 1.807) is 0 Å². The maximum absolute atomic E-state index is 10.8. The van der Waals surface area contributed by atoms with E-state index in [1.165, 1.54) is 24.3 Å². The molecule has 0 radical (unpaired) electrons. The molecule has 11 heteroatoms. The maximum atomic E-state index is 10.8. The monoisotopic (exact) mass is 335 g/mol. The molecule has 0 fully saturated rings. The van der Waals surface area contributed by atoms with Gasteiger partial charge in [-0.15, -0.1) is 0 Å². The SMILES string of the molecule is Nc1ccc2cc(OS(=O)(=O)O)cc(OS(=O)(=O)O)c2c1. The zero-order valence-electron chi connectivity index (χ0n) is 10.1. The molecule has 0 unspecified atom stereocenters. The van der Waals surface area contributed by atoms with Crippen LogP contribution >= 0.6 is 0 Å². The van der Waals surface area contributed by atoms with Crippen molar-refractivity contribution in [2.75, 3.05) is 5.73 Å². The Hall–Kier alpha value is -2.08. The Labute approximate surface area is 119 Å². The lowest BCUT2D eigenvalue weighted by molar-refractivity contribution is 0.383. The van der Waals surface area contributed by atoms with Gasteiger partial charge in [0.05, 0.1) is 0 Å². The van der Waals surface area contributed by atoms with Gasteiger partial charge in [-0.25, -0.2) is 0 Å². The third-order valence-electron chi connectivity index (χ3n) is 2.31. The highest BCUT2D eigenvalue weighted by atomic mass is 32.3. The predicted molar refractivity (Wildman–Crippen MR) is 72.7 cm³/mol. The first-order valence-corrected chi connectivity index (χ1v) is 7.94. The fraction of sp³-hybridized carbons (Fsp3) is 0. The molecular formula is C10H9NO8S2. The molecule has 2 aromatic carbocycles. The van der Waals surface area contributed by atoms with Crippen LogP contribution in [0.1, 0.15) is 0 Å². The van der Waals surface area contributed by atoms with Gasteiger partial charge in [-0.1, -0.05) is 6.07 Å². The third kappa shape index (κ3) is 4.19. The Morgan fingerprint density at radius 1 is 0.905 bits per heavy atom. The second-order valence-electron chi connectivity index (χ2n) is 3.92. The molecule has 0 amide bonds. The standard InChI is InChI=1S/C10H9NO8S2/c11-7-2-1-6-3-8(18-20(12,13)14)5-10(9(6)4-7)19-21(15,16)17/h1-5H,11H2,(H,12,13,14)(H,15,16,17). The molecule has 114 valence electrons. The van der Waals surface area contributed by atoms with Crippen molar-refractivity contribution in [2.24, 2.45) is 0 Å². The van der Waals surface area contributed by atoms with Gasteiger partial charge in [0.1, 0.15) is 5.75 Å². The Morgan fingerprint density at radius 3 is 2.10 bits per heavy atom. The van der Waals surface area contributed by atoms with Crippen molar-refractivity contribution in [1.82, 2.24) is 0 Å². The van der Waals surface area contributed by atoms with Crippen LogP contribution in [-0.2, 0) is 20.8 Å². The van der Waals surface area contributed by atoms with Crippen LogP contribution in [0.15, 0.2) is 30.3 Å². The summed E-state index contributed by atoms with van der Waals surface area (Å²) in [4.78, 5) is 0. The smallest absolute Gasteiger partial charge is 0.399 e. The second kappa shape index (κ2) is 5.04. The summed E-state index contributed by atoms with van der Waals surface area (Å²) in [5, 5.41) is 0.499. The van der Waals surface area contributed by atoms with Crippen LogP contribution in [0, 0.1) is 0 Å². The lowest BCUT2D eigenvalue weighted by atomic mass is 10.1. The summed E-state index contributed by atoms with van der Waals surface area (Å²) >= 11 is 0. The molecular weight excluding hydrogens is 326 g/mol. The van der Waals surface area contributed by atoms with Gasteiger partial charge in [0, 0.05) is 17.1 Å². The number of hydrogen-bond donors (Lipinski definition) is 3. The van der Waals surface area contributed by atoms with Gasteiger partial charge in [0.2, 0.25) is 0 Å². The average Bonchev–Trinajstić information content (AvgIpc) is 2.25. The van der Waals surface area contributed by atoms with Crippen LogP contribution in [0.3, 0.4) is 0 Å². The van der Waals surface area contributed by atoms with Gasteiger partial charge in [-0.2, -0.15) is 16.8 Å². The van der Waals surface area contributed by atoms with Crippen molar-refractivity contribution in [3.63, 3.8) is 0 Å². The molecule has 0 heterocycles. The van der Waals surface area contributed by atoms with Crippen LogP contribution in [-0.4, -0.2) is 25.9 Å². The minimum absolute atomic E-state index is 0.190. The van der Waals surface area contributed by atoms with Gasteiger partial charge in [0.25, 0.3) is 0 Å². The topological polar surface area (TPSA) is 153 Å². The van der Waals surface area contributed by atoms with E-state index >= 15 is 0 Å². The molecule has 9 nitrogen and oxygen atoms in total. The Kier molecular flexibility index (Phi) is 3.67. The molecule has 0 spiro atoms. The van der Waals surface area contributed by atoms with Crippen LogP contribution in [0.4, 0.5) is 5.69 Å². The van der Waals surface area contributed by atoms with Crippen molar-refractivity contribution in [1.29, 1.82) is 0 Å². The first-order valence-electron chi connectivity index (χ1n) is 5.20. The normalized spacial score (nSPS) is 12.3. The molecule has 0 saturated carbocycles. The largest absolute Gasteiger partial charge is 0.446 e. The maximum Gasteiger partial charge on any atom is 0.446 e. The average molecular weight is 335 g/mol. The van der Waals surface area contributed by atoms with Crippen molar-refractivity contribution >= 4 is 37.3 Å². The van der Waals surface area contributed by atoms with E-state index in [0.29, 0.717) is 5.39 Å². The highest BCUT2D eigenvalue weighted by Crippen LogP contribution is 2.33. The van der Waals surface area contributed by atoms with Crippen LogP contribution < -0.4 is 14.1 Å². The summed E-state index contributed by atoms with van der Waals surface area (Å²) in [6, 6.07) is 6.34. The Balaban J connectivity index is 2.68. The Morgan fingerprint density at radius 2 is 1.52 bits per heavy atom. The number of hydrogen-bond acceptors (Lipinski definition) is 7. The number of nitrogen functional groups attached to an aromatic ring is 1. The first-order chi connectivity index (χ1) is 9.53. The van der Waals surface area contributed by atoms with E-state index in [9.17, 15) is 16.8 Å². The van der Waals surface area contributed by atoms with Crippen molar-refractivity contribution in [3.8, 4) is 11.5 Å². The van der Waals surface area contributed by atoms with Crippen molar-refractivity contribution < 1.29 is 34.3 Å². The molecule has 0 atom stereocenters. The predicted octanol–water partition coefficient (Wildman–Crippen LogP) is 0.785. The van der Waals surface area contributed by atoms with E-state index in [4.69, 9.17) is 14.8 Å². The lowest BCUT2D eigenvalue weighted by Gasteiger charge is -2.09. The molecule has 0 aliphatic carbocycles. The van der Waals surface area contributed by atoms with Crippen LogP contribution in [0.25, 0.3) is 10.8 Å². The molecule has 0 aromatic heterocycles. The van der Waals surface area contributed by atoms with E-state index < -0.39 is 32.3 Å². The molecule has 0 aliphatic rings. The molecule has 4 N–H and O–H groups in total. The molecule has 0 aliphatic heterocycles. The number of anilines is 1. The molecule has 2 aromatic rings. The highest BCUT2D eigenvalue weighted by molar-refractivity contribution is 7.81. The zero-order chi connectivity index (χ0) is 15.8. The molecule has 0 saturated heterocycles. The summed E-state index contributed by atoms with van der Waals surface area (Å²) in [5.74, 6) is -0.825. The fourth-order valence-electron chi connectivity index (χ4n) is 1.67. The molecule has 21 heavy (non-hydrogen) atoms. The zero-order valence-corrected chi connectivity index (χ0v) is 11.8. The summed E-state index contributed by atoms with van der Waals surface area (Å²) in [5.41, 5.74) is 5.85. The highest BCUT2D eigenvalue weighted by Gasteiger charge is 2.16. The fourth-order valence-corrected chi connectivity index (χ4v) is 2.37. The van der Waals surface area contributed by atoms with Gasteiger partial charge in [0.15, 0.2) is 5.75 Å². The second-order valence-corrected chi connectivity index (χ2v) is 5.97. The lowest BCUT2D eigenvalue weighted by Crippen LogP contribution is -2.09. The number of rotatable bonds is 4. The summed E-state index contributed by atoms with van der Waals surface area (Å²) in [6.07, 6.45) is 0. The van der Waals surface area contributed by atoms with Crippen LogP contribution in [0.5, 0.6) is 11.5 Å². The first kappa shape index (κ1) is 15.3. The van der Waals surface area contributed by atoms with Gasteiger partial charge >= 0.3 is 20.8 Å². The minimum Gasteiger partial charge on any atom is -0.399 e.